The second-order valence-corrected chi connectivity index (χ2v) is 3.28. The molecule has 2 N–H and O–H groups in total. The standard InChI is InChI=1S/C13H11NO/c1-3-9-10-7-5-6-8-11(10)14-13(9)12(15)4-2/h1,4-8,12,14-15H,2H2. The number of fused-ring (bicyclic) bond motifs is 1. The lowest BCUT2D eigenvalue weighted by atomic mass is 10.1. The van der Waals surface area contributed by atoms with Crippen LogP contribution in [0, 0.1) is 12.3 Å². The Morgan fingerprint density at radius 1 is 1.47 bits per heavy atom. The van der Waals surface area contributed by atoms with Gasteiger partial charge in [-0.2, -0.15) is 0 Å². The van der Waals surface area contributed by atoms with Crippen LogP contribution >= 0.6 is 0 Å². The largest absolute Gasteiger partial charge is 0.383 e. The zero-order valence-electron chi connectivity index (χ0n) is 8.20. The zero-order valence-corrected chi connectivity index (χ0v) is 8.20. The smallest absolute Gasteiger partial charge is 0.113 e. The molecule has 2 heteroatoms. The van der Waals surface area contributed by atoms with Crippen LogP contribution in [0.2, 0.25) is 0 Å². The molecule has 1 atom stereocenters. The maximum Gasteiger partial charge on any atom is 0.113 e. The molecular formula is C13H11NO. The van der Waals surface area contributed by atoms with Gasteiger partial charge in [-0.25, -0.2) is 0 Å². The van der Waals surface area contributed by atoms with E-state index in [9.17, 15) is 5.11 Å². The molecule has 0 spiro atoms. The molecule has 1 heterocycles. The van der Waals surface area contributed by atoms with Gasteiger partial charge in [-0.05, 0) is 6.07 Å². The first-order valence-electron chi connectivity index (χ1n) is 4.65. The van der Waals surface area contributed by atoms with Crippen molar-refractivity contribution >= 4 is 10.9 Å². The van der Waals surface area contributed by atoms with Crippen LogP contribution in [-0.2, 0) is 0 Å². The third-order valence-corrected chi connectivity index (χ3v) is 2.40. The van der Waals surface area contributed by atoms with Gasteiger partial charge >= 0.3 is 0 Å². The lowest BCUT2D eigenvalue weighted by Crippen LogP contribution is -1.95. The molecule has 2 rings (SSSR count). The predicted octanol–water partition coefficient (Wildman–Crippen LogP) is 2.37. The molecule has 0 saturated heterocycles. The van der Waals surface area contributed by atoms with Crippen LogP contribution in [0.5, 0.6) is 0 Å². The first kappa shape index (κ1) is 9.57. The van der Waals surface area contributed by atoms with Gasteiger partial charge in [-0.3, -0.25) is 0 Å². The summed E-state index contributed by atoms with van der Waals surface area (Å²) in [5.74, 6) is 2.59. The molecule has 2 nitrogen and oxygen atoms in total. The average molecular weight is 197 g/mol. The molecule has 0 bridgehead atoms. The van der Waals surface area contributed by atoms with Gasteiger partial charge in [-0.15, -0.1) is 13.0 Å². The molecule has 74 valence electrons. The number of hydrogen-bond donors (Lipinski definition) is 2. The van der Waals surface area contributed by atoms with Crippen molar-refractivity contribution in [3.8, 4) is 12.3 Å². The second kappa shape index (κ2) is 3.64. The van der Waals surface area contributed by atoms with Crippen LogP contribution in [0.25, 0.3) is 10.9 Å². The molecule has 0 aliphatic rings. The van der Waals surface area contributed by atoms with Crippen LogP contribution in [0.4, 0.5) is 0 Å². The van der Waals surface area contributed by atoms with E-state index in [0.717, 1.165) is 10.9 Å². The average Bonchev–Trinajstić information content (AvgIpc) is 2.66. The quantitative estimate of drug-likeness (QED) is 0.562. The monoisotopic (exact) mass is 197 g/mol. The Bertz CT molecular complexity index is 545. The number of aromatic amines is 1. The van der Waals surface area contributed by atoms with E-state index in [1.165, 1.54) is 6.08 Å². The van der Waals surface area contributed by atoms with Crippen molar-refractivity contribution in [3.05, 3.63) is 48.2 Å². The molecule has 0 fully saturated rings. The van der Waals surface area contributed by atoms with Crippen LogP contribution in [-0.4, -0.2) is 10.1 Å². The second-order valence-electron chi connectivity index (χ2n) is 3.28. The number of H-pyrrole nitrogens is 1. The minimum Gasteiger partial charge on any atom is -0.383 e. The number of rotatable bonds is 2. The van der Waals surface area contributed by atoms with Gasteiger partial charge in [0.25, 0.3) is 0 Å². The van der Waals surface area contributed by atoms with E-state index in [2.05, 4.69) is 17.5 Å². The summed E-state index contributed by atoms with van der Waals surface area (Å²) in [6.45, 7) is 3.54. The topological polar surface area (TPSA) is 36.0 Å². The Morgan fingerprint density at radius 2 is 2.20 bits per heavy atom. The first-order chi connectivity index (χ1) is 7.27. The van der Waals surface area contributed by atoms with Crippen LogP contribution < -0.4 is 0 Å². The third kappa shape index (κ3) is 1.43. The highest BCUT2D eigenvalue weighted by molar-refractivity contribution is 5.87. The van der Waals surface area contributed by atoms with E-state index in [1.807, 2.05) is 24.3 Å². The van der Waals surface area contributed by atoms with E-state index in [0.29, 0.717) is 11.3 Å². The molecule has 0 aliphatic heterocycles. The van der Waals surface area contributed by atoms with Crippen LogP contribution in [0.1, 0.15) is 17.4 Å². The summed E-state index contributed by atoms with van der Waals surface area (Å²) < 4.78 is 0. The minimum absolute atomic E-state index is 0.633. The van der Waals surface area contributed by atoms with Crippen molar-refractivity contribution in [2.45, 2.75) is 6.10 Å². The lowest BCUT2D eigenvalue weighted by Gasteiger charge is -2.02. The molecule has 0 amide bonds. The van der Waals surface area contributed by atoms with Gasteiger partial charge in [0.15, 0.2) is 0 Å². The first-order valence-corrected chi connectivity index (χ1v) is 4.65. The highest BCUT2D eigenvalue weighted by Crippen LogP contribution is 2.26. The van der Waals surface area contributed by atoms with Gasteiger partial charge < -0.3 is 10.1 Å². The van der Waals surface area contributed by atoms with E-state index in [-0.39, 0.29) is 0 Å². The van der Waals surface area contributed by atoms with Crippen LogP contribution in [0.3, 0.4) is 0 Å². The van der Waals surface area contributed by atoms with Crippen molar-refractivity contribution in [1.29, 1.82) is 0 Å². The zero-order chi connectivity index (χ0) is 10.8. The van der Waals surface area contributed by atoms with Crippen molar-refractivity contribution in [2.75, 3.05) is 0 Å². The number of aromatic nitrogens is 1. The number of aliphatic hydroxyl groups excluding tert-OH is 1. The summed E-state index contributed by atoms with van der Waals surface area (Å²) in [6.07, 6.45) is 6.14. The summed E-state index contributed by atoms with van der Waals surface area (Å²) in [5, 5.41) is 10.7. The maximum absolute atomic E-state index is 9.70. The highest BCUT2D eigenvalue weighted by Gasteiger charge is 2.13. The van der Waals surface area contributed by atoms with Gasteiger partial charge in [0.1, 0.15) is 6.10 Å². The van der Waals surface area contributed by atoms with E-state index >= 15 is 0 Å². The molecule has 0 saturated carbocycles. The summed E-state index contributed by atoms with van der Waals surface area (Å²) in [6, 6.07) is 7.69. The Hall–Kier alpha value is -1.98. The van der Waals surface area contributed by atoms with Crippen molar-refractivity contribution in [3.63, 3.8) is 0 Å². The maximum atomic E-state index is 9.70. The van der Waals surface area contributed by atoms with E-state index in [4.69, 9.17) is 6.42 Å². The third-order valence-electron chi connectivity index (χ3n) is 2.40. The lowest BCUT2D eigenvalue weighted by molar-refractivity contribution is 0.225. The fraction of sp³-hybridized carbons (Fsp3) is 0.0769. The highest BCUT2D eigenvalue weighted by atomic mass is 16.3. The van der Waals surface area contributed by atoms with Gasteiger partial charge in [-0.1, -0.05) is 30.2 Å². The number of nitrogens with one attached hydrogen (secondary N) is 1. The molecule has 15 heavy (non-hydrogen) atoms. The Morgan fingerprint density at radius 3 is 2.87 bits per heavy atom. The number of hydrogen-bond acceptors (Lipinski definition) is 1. The van der Waals surface area contributed by atoms with E-state index < -0.39 is 6.10 Å². The molecule has 1 unspecified atom stereocenters. The van der Waals surface area contributed by atoms with Crippen molar-refractivity contribution < 1.29 is 5.11 Å². The fourth-order valence-electron chi connectivity index (χ4n) is 1.66. The summed E-state index contributed by atoms with van der Waals surface area (Å²) >= 11 is 0. The molecule has 1 aromatic heterocycles. The van der Waals surface area contributed by atoms with Gasteiger partial charge in [0.05, 0.1) is 11.3 Å². The molecular weight excluding hydrogens is 186 g/mol. The molecule has 0 aliphatic carbocycles. The summed E-state index contributed by atoms with van der Waals surface area (Å²) in [5.41, 5.74) is 2.27. The van der Waals surface area contributed by atoms with Gasteiger partial charge in [0, 0.05) is 10.9 Å². The van der Waals surface area contributed by atoms with Crippen molar-refractivity contribution in [2.24, 2.45) is 0 Å². The molecule has 1 aromatic carbocycles. The number of para-hydroxylation sites is 1. The Balaban J connectivity index is 2.76. The van der Waals surface area contributed by atoms with Gasteiger partial charge in [0.2, 0.25) is 0 Å². The summed E-state index contributed by atoms with van der Waals surface area (Å²) in [7, 11) is 0. The fourth-order valence-corrected chi connectivity index (χ4v) is 1.66. The number of aliphatic hydroxyl groups is 1. The predicted molar refractivity (Wildman–Crippen MR) is 61.4 cm³/mol. The molecule has 0 radical (unpaired) electrons. The van der Waals surface area contributed by atoms with E-state index in [1.54, 1.807) is 0 Å². The Labute approximate surface area is 88.3 Å². The summed E-state index contributed by atoms with van der Waals surface area (Å²) in [4.78, 5) is 3.10. The normalized spacial score (nSPS) is 12.3. The molecule has 2 aromatic rings. The minimum atomic E-state index is -0.747. The van der Waals surface area contributed by atoms with Crippen LogP contribution in [0.15, 0.2) is 36.9 Å². The Kier molecular flexibility index (Phi) is 2.32. The van der Waals surface area contributed by atoms with Crippen molar-refractivity contribution in [1.82, 2.24) is 4.98 Å². The number of benzene rings is 1. The number of terminal acetylenes is 1. The SMILES string of the molecule is C#Cc1c(C(O)C=C)[nH]c2ccccc12.